The molecule has 0 fully saturated rings. The van der Waals surface area contributed by atoms with Crippen LogP contribution in [0.25, 0.3) is 22.6 Å². The maximum atomic E-state index is 13.0. The molecular weight excluding hydrogens is 525 g/mol. The fourth-order valence-corrected chi connectivity index (χ4v) is 4.57. The number of alkyl halides is 2. The Kier molecular flexibility index (Phi) is 9.28. The zero-order valence-corrected chi connectivity index (χ0v) is 22.6. The first-order valence-corrected chi connectivity index (χ1v) is 13.4. The van der Waals surface area contributed by atoms with E-state index in [1.165, 1.54) is 0 Å². The van der Waals surface area contributed by atoms with Crippen molar-refractivity contribution in [1.29, 1.82) is 0 Å². The Morgan fingerprint density at radius 2 is 1.76 bits per heavy atom. The van der Waals surface area contributed by atoms with Crippen LogP contribution < -0.4 is 21.3 Å². The highest BCUT2D eigenvalue weighted by Crippen LogP contribution is 2.26. The van der Waals surface area contributed by atoms with Gasteiger partial charge in [0.15, 0.2) is 5.82 Å². The van der Waals surface area contributed by atoms with E-state index < -0.39 is 0 Å². The molecule has 2 aromatic carbocycles. The number of halogens is 2. The molecule has 4 rings (SSSR count). The standard InChI is InChI=1S/C27H31Cl2N7O2/c1-35-17-20(31-25(37)3-2-12-30)16-24(35)26-33-22-9-4-18(15-23(22)34-26)27(38)32-19-5-7-21(8-6-19)36(13-10-28)14-11-29/h4-9,15-17H,2-3,10-14,30H2,1H3,(H,31,37)(H,32,38)(H,33,34). The molecule has 38 heavy (non-hydrogen) atoms. The lowest BCUT2D eigenvalue weighted by atomic mass is 10.2. The van der Waals surface area contributed by atoms with Crippen LogP contribution in [-0.2, 0) is 11.8 Å². The Hall–Kier alpha value is -3.53. The maximum Gasteiger partial charge on any atom is 0.255 e. The molecule has 0 spiro atoms. The summed E-state index contributed by atoms with van der Waals surface area (Å²) < 4.78 is 1.88. The molecule has 0 bridgehead atoms. The molecule has 200 valence electrons. The van der Waals surface area contributed by atoms with Crippen molar-refractivity contribution in [1.82, 2.24) is 14.5 Å². The van der Waals surface area contributed by atoms with Gasteiger partial charge in [0.2, 0.25) is 5.91 Å². The van der Waals surface area contributed by atoms with Crippen molar-refractivity contribution in [2.24, 2.45) is 12.8 Å². The Bertz CT molecular complexity index is 1390. The number of H-pyrrole nitrogens is 1. The van der Waals surface area contributed by atoms with E-state index in [-0.39, 0.29) is 11.8 Å². The minimum absolute atomic E-state index is 0.0784. The van der Waals surface area contributed by atoms with Gasteiger partial charge in [0.25, 0.3) is 5.91 Å². The third kappa shape index (κ3) is 6.66. The summed E-state index contributed by atoms with van der Waals surface area (Å²) in [6.07, 6.45) is 2.84. The van der Waals surface area contributed by atoms with Gasteiger partial charge in [0.1, 0.15) is 0 Å². The summed E-state index contributed by atoms with van der Waals surface area (Å²) in [5.74, 6) is 1.34. The number of benzene rings is 2. The van der Waals surface area contributed by atoms with Crippen molar-refractivity contribution < 1.29 is 9.59 Å². The molecule has 9 nitrogen and oxygen atoms in total. The Balaban J connectivity index is 1.46. The summed E-state index contributed by atoms with van der Waals surface area (Å²) in [5, 5.41) is 5.83. The van der Waals surface area contributed by atoms with Crippen molar-refractivity contribution in [2.75, 3.05) is 46.9 Å². The van der Waals surface area contributed by atoms with Crippen molar-refractivity contribution in [3.05, 3.63) is 60.3 Å². The number of imidazole rings is 1. The summed E-state index contributed by atoms with van der Waals surface area (Å²) in [6.45, 7) is 1.86. The predicted octanol–water partition coefficient (Wildman–Crippen LogP) is 4.78. The number of amides is 2. The number of carbonyl (C=O) groups excluding carboxylic acids is 2. The minimum Gasteiger partial charge on any atom is -0.369 e. The number of hydrogen-bond acceptors (Lipinski definition) is 5. The number of hydrogen-bond donors (Lipinski definition) is 4. The van der Waals surface area contributed by atoms with Crippen LogP contribution >= 0.6 is 23.2 Å². The lowest BCUT2D eigenvalue weighted by Crippen LogP contribution is -2.27. The van der Waals surface area contributed by atoms with Crippen LogP contribution in [0.1, 0.15) is 23.2 Å². The lowest BCUT2D eigenvalue weighted by Gasteiger charge is -2.23. The second kappa shape index (κ2) is 12.8. The molecule has 2 aromatic heterocycles. The van der Waals surface area contributed by atoms with Crippen LogP contribution in [0, 0.1) is 0 Å². The van der Waals surface area contributed by atoms with E-state index in [0.29, 0.717) is 67.0 Å². The largest absolute Gasteiger partial charge is 0.369 e. The third-order valence-corrected chi connectivity index (χ3v) is 6.42. The van der Waals surface area contributed by atoms with Crippen molar-refractivity contribution in [3.63, 3.8) is 0 Å². The number of nitrogens with zero attached hydrogens (tertiary/aromatic N) is 3. The van der Waals surface area contributed by atoms with Crippen LogP contribution in [0.4, 0.5) is 17.1 Å². The molecule has 0 radical (unpaired) electrons. The molecule has 0 saturated carbocycles. The maximum absolute atomic E-state index is 13.0. The summed E-state index contributed by atoms with van der Waals surface area (Å²) in [6, 6.07) is 14.8. The van der Waals surface area contributed by atoms with E-state index >= 15 is 0 Å². The van der Waals surface area contributed by atoms with E-state index in [0.717, 1.165) is 22.4 Å². The molecule has 2 heterocycles. The summed E-state index contributed by atoms with van der Waals surface area (Å²) >= 11 is 11.8. The minimum atomic E-state index is -0.226. The lowest BCUT2D eigenvalue weighted by molar-refractivity contribution is -0.116. The molecule has 11 heteroatoms. The van der Waals surface area contributed by atoms with Crippen LogP contribution in [0.3, 0.4) is 0 Å². The summed E-state index contributed by atoms with van der Waals surface area (Å²) in [5.41, 5.74) is 10.6. The average molecular weight is 556 g/mol. The van der Waals surface area contributed by atoms with Crippen molar-refractivity contribution >= 4 is 63.1 Å². The highest BCUT2D eigenvalue weighted by molar-refractivity contribution is 6.18. The molecule has 5 N–H and O–H groups in total. The number of rotatable bonds is 12. The SMILES string of the molecule is Cn1cc(NC(=O)CCCN)cc1-c1nc2ccc(C(=O)Nc3ccc(N(CCCl)CCCl)cc3)cc2[nH]1. The van der Waals surface area contributed by atoms with Crippen molar-refractivity contribution in [3.8, 4) is 11.5 Å². The first-order valence-electron chi connectivity index (χ1n) is 12.4. The number of fused-ring (bicyclic) bond motifs is 1. The van der Waals surface area contributed by atoms with E-state index in [2.05, 4.69) is 25.5 Å². The zero-order valence-electron chi connectivity index (χ0n) is 21.1. The smallest absolute Gasteiger partial charge is 0.255 e. The first-order chi connectivity index (χ1) is 18.4. The van der Waals surface area contributed by atoms with Gasteiger partial charge in [-0.25, -0.2) is 4.98 Å². The van der Waals surface area contributed by atoms with Crippen molar-refractivity contribution in [2.45, 2.75) is 12.8 Å². The Morgan fingerprint density at radius 1 is 1.03 bits per heavy atom. The number of nitrogens with two attached hydrogens (primary N) is 1. The number of nitrogens with one attached hydrogen (secondary N) is 3. The van der Waals surface area contributed by atoms with Gasteiger partial charge in [-0.15, -0.1) is 23.2 Å². The molecule has 0 aliphatic rings. The van der Waals surface area contributed by atoms with Crippen LogP contribution in [0.15, 0.2) is 54.7 Å². The summed E-state index contributed by atoms with van der Waals surface area (Å²) in [4.78, 5) is 35.1. The highest BCUT2D eigenvalue weighted by Gasteiger charge is 2.14. The molecule has 0 aliphatic heterocycles. The number of aryl methyl sites for hydroxylation is 1. The van der Waals surface area contributed by atoms with Gasteiger partial charge in [0, 0.05) is 61.5 Å². The average Bonchev–Trinajstić information content (AvgIpc) is 3.49. The molecule has 0 atom stereocenters. The number of carbonyl (C=O) groups is 2. The number of aromatic nitrogens is 3. The van der Waals surface area contributed by atoms with Gasteiger partial charge in [-0.1, -0.05) is 0 Å². The Morgan fingerprint density at radius 3 is 2.45 bits per heavy atom. The topological polar surface area (TPSA) is 121 Å². The van der Waals surface area contributed by atoms with E-state index in [1.54, 1.807) is 12.1 Å². The fourth-order valence-electron chi connectivity index (χ4n) is 4.16. The van der Waals surface area contributed by atoms with Gasteiger partial charge in [0.05, 0.1) is 22.4 Å². The van der Waals surface area contributed by atoms with Gasteiger partial charge in [-0.2, -0.15) is 0 Å². The normalized spacial score (nSPS) is 11.1. The molecule has 0 saturated heterocycles. The number of aromatic amines is 1. The van der Waals surface area contributed by atoms with Crippen LogP contribution in [-0.4, -0.2) is 57.7 Å². The second-order valence-corrected chi connectivity index (χ2v) is 9.60. The molecule has 0 aliphatic carbocycles. The van der Waals surface area contributed by atoms with Crippen LogP contribution in [0.5, 0.6) is 0 Å². The highest BCUT2D eigenvalue weighted by atomic mass is 35.5. The fraction of sp³-hybridized carbons (Fsp3) is 0.296. The predicted molar refractivity (Wildman–Crippen MR) is 155 cm³/mol. The zero-order chi connectivity index (χ0) is 27.1. The third-order valence-electron chi connectivity index (χ3n) is 6.08. The molecule has 4 aromatic rings. The first kappa shape index (κ1) is 27.5. The molecule has 0 unspecified atom stereocenters. The van der Waals surface area contributed by atoms with Gasteiger partial charge < -0.3 is 30.8 Å². The Labute approximate surface area is 231 Å². The van der Waals surface area contributed by atoms with Crippen LogP contribution in [0.2, 0.25) is 0 Å². The monoisotopic (exact) mass is 555 g/mol. The van der Waals surface area contributed by atoms with Gasteiger partial charge in [-0.05, 0) is 61.5 Å². The second-order valence-electron chi connectivity index (χ2n) is 8.85. The van der Waals surface area contributed by atoms with E-state index in [4.69, 9.17) is 28.9 Å². The number of anilines is 3. The van der Waals surface area contributed by atoms with Gasteiger partial charge >= 0.3 is 0 Å². The van der Waals surface area contributed by atoms with Gasteiger partial charge in [-0.3, -0.25) is 9.59 Å². The van der Waals surface area contributed by atoms with E-state index in [9.17, 15) is 9.59 Å². The molecule has 2 amide bonds. The van der Waals surface area contributed by atoms with E-state index in [1.807, 2.05) is 54.2 Å². The quantitative estimate of drug-likeness (QED) is 0.187. The molecular formula is C27H31Cl2N7O2. The summed E-state index contributed by atoms with van der Waals surface area (Å²) in [7, 11) is 1.88.